The summed E-state index contributed by atoms with van der Waals surface area (Å²) in [5.74, 6) is 0.392. The van der Waals surface area contributed by atoms with Crippen LogP contribution in [-0.4, -0.2) is 65.4 Å². The van der Waals surface area contributed by atoms with Gasteiger partial charge in [-0.05, 0) is 47.2 Å². The maximum Gasteiger partial charge on any atom is 0.345 e. The summed E-state index contributed by atoms with van der Waals surface area (Å²) in [6, 6.07) is 3.87. The molecule has 1 unspecified atom stereocenters. The van der Waals surface area contributed by atoms with Crippen LogP contribution in [-0.2, 0) is 20.1 Å². The summed E-state index contributed by atoms with van der Waals surface area (Å²) in [5.41, 5.74) is 7.89. The van der Waals surface area contributed by atoms with Gasteiger partial charge in [-0.3, -0.25) is 29.2 Å². The Balaban J connectivity index is 1.52. The Kier molecular flexibility index (Phi) is 8.99. The van der Waals surface area contributed by atoms with Gasteiger partial charge in [-0.1, -0.05) is 0 Å². The zero-order valence-corrected chi connectivity index (χ0v) is 23.1. The molecule has 3 rings (SSSR count). The van der Waals surface area contributed by atoms with Gasteiger partial charge >= 0.3 is 7.67 Å². The third kappa shape index (κ3) is 6.93. The zero-order chi connectivity index (χ0) is 24.9. The molecule has 34 heavy (non-hydrogen) atoms. The molecule has 0 bridgehead atoms. The molecule has 0 aliphatic carbocycles. The second kappa shape index (κ2) is 11.4. The third-order valence-corrected chi connectivity index (χ3v) is 10.3. The van der Waals surface area contributed by atoms with Crippen molar-refractivity contribution in [2.45, 2.75) is 13.3 Å². The van der Waals surface area contributed by atoms with Crippen LogP contribution in [0.4, 0.5) is 5.13 Å². The summed E-state index contributed by atoms with van der Waals surface area (Å²) >= 11 is 2.84. The number of nitrogens with two attached hydrogens (primary N) is 1. The van der Waals surface area contributed by atoms with Crippen molar-refractivity contribution in [3.05, 3.63) is 40.5 Å². The molecule has 3 aromatic heterocycles. The Labute approximate surface area is 207 Å². The number of nitrogens with zero attached hydrogens (tertiary/aromatic N) is 5. The zero-order valence-electron chi connectivity index (χ0n) is 19.7. The summed E-state index contributed by atoms with van der Waals surface area (Å²) in [5, 5.41) is 5.67. The Hall–Kier alpha value is -1.69. The lowest BCUT2D eigenvalue weighted by molar-refractivity contribution is 0.279. The monoisotopic (exact) mass is 545 g/mol. The lowest BCUT2D eigenvalue weighted by Crippen LogP contribution is -2.24. The number of thiazole rings is 2. The van der Waals surface area contributed by atoms with E-state index in [2.05, 4.69) is 15.1 Å². The molecule has 0 fully saturated rings. The van der Waals surface area contributed by atoms with E-state index in [1.807, 2.05) is 19.1 Å². The molecular formula is C19H29N7O4P2S2. The van der Waals surface area contributed by atoms with Crippen LogP contribution in [0.1, 0.15) is 10.6 Å². The minimum absolute atomic E-state index is 0.332. The van der Waals surface area contributed by atoms with Crippen molar-refractivity contribution in [3.63, 3.8) is 0 Å². The van der Waals surface area contributed by atoms with E-state index in [0.717, 1.165) is 21.1 Å². The Morgan fingerprint density at radius 1 is 1.12 bits per heavy atom. The first-order valence-corrected chi connectivity index (χ1v) is 15.4. The Morgan fingerprint density at radius 3 is 2.44 bits per heavy atom. The molecule has 3 N–H and O–H groups in total. The molecular weight excluding hydrogens is 516 g/mol. The van der Waals surface area contributed by atoms with Gasteiger partial charge in [0.05, 0.1) is 17.7 Å². The lowest BCUT2D eigenvalue weighted by Gasteiger charge is -2.30. The van der Waals surface area contributed by atoms with Crippen LogP contribution in [0.15, 0.2) is 29.9 Å². The van der Waals surface area contributed by atoms with Crippen molar-refractivity contribution in [2.24, 2.45) is 5.50 Å². The van der Waals surface area contributed by atoms with Crippen molar-refractivity contribution in [1.82, 2.24) is 24.3 Å². The van der Waals surface area contributed by atoms with Gasteiger partial charge in [0.2, 0.25) is 5.88 Å². The van der Waals surface area contributed by atoms with Crippen molar-refractivity contribution in [2.75, 3.05) is 46.2 Å². The van der Waals surface area contributed by atoms with E-state index in [1.54, 1.807) is 57.3 Å². The molecule has 0 spiro atoms. The van der Waals surface area contributed by atoms with Crippen LogP contribution in [0.5, 0.6) is 5.88 Å². The van der Waals surface area contributed by atoms with Gasteiger partial charge in [0.1, 0.15) is 11.4 Å². The molecule has 186 valence electrons. The smallest absolute Gasteiger partial charge is 0.345 e. The average Bonchev–Trinajstić information content (AvgIpc) is 3.38. The number of pyridine rings is 1. The van der Waals surface area contributed by atoms with Gasteiger partial charge in [0.25, 0.3) is 7.44 Å². The average molecular weight is 546 g/mol. The fourth-order valence-corrected chi connectivity index (χ4v) is 7.87. The molecule has 3 heterocycles. The molecule has 0 amide bonds. The topological polar surface area (TPSA) is 136 Å². The molecule has 0 aliphatic rings. The van der Waals surface area contributed by atoms with Gasteiger partial charge in [-0.25, -0.2) is 14.3 Å². The number of hydrogen-bond donors (Lipinski definition) is 2. The summed E-state index contributed by atoms with van der Waals surface area (Å²) < 4.78 is 39.6. The third-order valence-electron chi connectivity index (χ3n) is 4.61. The van der Waals surface area contributed by atoms with E-state index in [-0.39, 0.29) is 0 Å². The van der Waals surface area contributed by atoms with Gasteiger partial charge in [0, 0.05) is 29.3 Å². The minimum atomic E-state index is -3.50. The normalized spacial score (nSPS) is 13.9. The predicted molar refractivity (Wildman–Crippen MR) is 138 cm³/mol. The van der Waals surface area contributed by atoms with Crippen LogP contribution in [0.2, 0.25) is 0 Å². The fourth-order valence-electron chi connectivity index (χ4n) is 2.85. The van der Waals surface area contributed by atoms with Gasteiger partial charge in [-0.15, -0.1) is 22.7 Å². The number of rotatable bonds is 12. The highest BCUT2D eigenvalue weighted by atomic mass is 32.1. The molecule has 1 atom stereocenters. The standard InChI is InChI=1S/C19H29N7O4P2S2/c1-14-16(22-18(34-14)15-6-9-21-10-7-15)8-11-29-17-12-33-19(23-17)24-31(20,27)13-30-32(28,25(2)3)26(4)5/h6-7,9-10,12H,8,11,13H2,1-5H3,(H3,20,23,24,27). The van der Waals surface area contributed by atoms with E-state index in [0.29, 0.717) is 24.0 Å². The lowest BCUT2D eigenvalue weighted by atomic mass is 10.2. The van der Waals surface area contributed by atoms with Gasteiger partial charge in [-0.2, -0.15) is 4.98 Å². The molecule has 0 radical (unpaired) electrons. The van der Waals surface area contributed by atoms with Crippen molar-refractivity contribution in [3.8, 4) is 16.5 Å². The highest BCUT2D eigenvalue weighted by molar-refractivity contribution is 7.64. The van der Waals surface area contributed by atoms with Crippen LogP contribution in [0.25, 0.3) is 10.6 Å². The number of aryl methyl sites for hydroxylation is 1. The molecule has 11 nitrogen and oxygen atoms in total. The first-order valence-electron chi connectivity index (χ1n) is 10.2. The molecule has 0 saturated carbocycles. The number of hydrogen-bond acceptors (Lipinski definition) is 9. The van der Waals surface area contributed by atoms with E-state index in [4.69, 9.17) is 19.7 Å². The molecule has 0 aliphatic heterocycles. The highest BCUT2D eigenvalue weighted by Crippen LogP contribution is 2.54. The van der Waals surface area contributed by atoms with Crippen molar-refractivity contribution >= 4 is 42.9 Å². The van der Waals surface area contributed by atoms with Crippen molar-refractivity contribution in [1.29, 1.82) is 0 Å². The fraction of sp³-hybridized carbons (Fsp3) is 0.421. The first-order chi connectivity index (χ1) is 16.0. The number of nitrogens with one attached hydrogen (secondary N) is 1. The first kappa shape index (κ1) is 26.9. The Bertz CT molecular complexity index is 1170. The molecule has 0 saturated heterocycles. The van der Waals surface area contributed by atoms with Gasteiger partial charge < -0.3 is 4.74 Å². The summed E-state index contributed by atoms with van der Waals surface area (Å²) in [6.07, 6.45) is 3.71. The number of anilines is 1. The highest BCUT2D eigenvalue weighted by Gasteiger charge is 2.33. The van der Waals surface area contributed by atoms with Crippen LogP contribution >= 0.6 is 37.8 Å². The summed E-state index contributed by atoms with van der Waals surface area (Å²) in [6.45, 7) is 2.43. The number of ether oxygens (including phenoxy) is 1. The van der Waals surface area contributed by atoms with E-state index in [9.17, 15) is 9.13 Å². The molecule has 15 heteroatoms. The molecule has 0 aromatic carbocycles. The van der Waals surface area contributed by atoms with Crippen LogP contribution < -0.4 is 15.3 Å². The van der Waals surface area contributed by atoms with Crippen LogP contribution in [0.3, 0.4) is 0 Å². The second-order valence-electron chi connectivity index (χ2n) is 7.70. The van der Waals surface area contributed by atoms with Crippen LogP contribution in [0, 0.1) is 6.92 Å². The quantitative estimate of drug-likeness (QED) is 0.314. The minimum Gasteiger partial charge on any atom is -0.477 e. The molecule has 3 aromatic rings. The van der Waals surface area contributed by atoms with Crippen molar-refractivity contribution < 1.29 is 18.4 Å². The second-order valence-corrected chi connectivity index (χ2v) is 14.7. The van der Waals surface area contributed by atoms with E-state index in [1.165, 1.54) is 20.7 Å². The summed E-state index contributed by atoms with van der Waals surface area (Å²) in [4.78, 5) is 14.2. The maximum absolute atomic E-state index is 12.8. The largest absolute Gasteiger partial charge is 0.477 e. The maximum atomic E-state index is 12.8. The number of aromatic nitrogens is 3. The van der Waals surface area contributed by atoms with E-state index >= 15 is 0 Å². The summed E-state index contributed by atoms with van der Waals surface area (Å²) in [7, 11) is -0.330. The Morgan fingerprint density at radius 2 is 1.79 bits per heavy atom. The SMILES string of the molecule is Cc1sc(-c2ccncc2)nc1CCOc1csc(NP(N)(=O)COP(=O)(N(C)C)N(C)C)n1. The van der Waals surface area contributed by atoms with E-state index < -0.39 is 21.5 Å². The predicted octanol–water partition coefficient (Wildman–Crippen LogP) is 4.36. The van der Waals surface area contributed by atoms with Gasteiger partial charge in [0.15, 0.2) is 5.13 Å².